The molecule has 6 nitrogen and oxygen atoms in total. The third kappa shape index (κ3) is 3.85. The largest absolute Gasteiger partial charge is 0.343 e. The minimum Gasteiger partial charge on any atom is -0.343 e. The maximum atomic E-state index is 11.2. The van der Waals surface area contributed by atoms with Crippen LogP contribution in [0.1, 0.15) is 19.8 Å². The van der Waals surface area contributed by atoms with Gasteiger partial charge in [0.1, 0.15) is 6.04 Å². The molecule has 0 aromatic rings. The lowest BCUT2D eigenvalue weighted by molar-refractivity contribution is -0.137. The predicted octanol–water partition coefficient (Wildman–Crippen LogP) is -1.32. The molecular formula is C8H14ClN3O3. The average Bonchev–Trinajstić information content (AvgIpc) is 2.09. The lowest BCUT2D eigenvalue weighted by Crippen LogP contribution is -2.54. The highest BCUT2D eigenvalue weighted by Gasteiger charge is 2.28. The van der Waals surface area contributed by atoms with Crippen LogP contribution in [0.25, 0.3) is 0 Å². The fraction of sp³-hybridized carbons (Fsp3) is 0.625. The summed E-state index contributed by atoms with van der Waals surface area (Å²) in [5, 5.41) is 4.60. The number of carbonyl (C=O) groups is 3. The molecular weight excluding hydrogens is 222 g/mol. The van der Waals surface area contributed by atoms with Crippen molar-refractivity contribution in [1.29, 1.82) is 0 Å². The van der Waals surface area contributed by atoms with Crippen molar-refractivity contribution in [3.05, 3.63) is 0 Å². The molecule has 1 heterocycles. The number of nitrogens with one attached hydrogen (secondary N) is 2. The number of imide groups is 1. The number of rotatable bonds is 2. The molecule has 1 saturated heterocycles. The molecule has 4 N–H and O–H groups in total. The molecule has 0 spiro atoms. The van der Waals surface area contributed by atoms with Crippen molar-refractivity contribution in [3.63, 3.8) is 0 Å². The fourth-order valence-electron chi connectivity index (χ4n) is 1.13. The Morgan fingerprint density at radius 1 is 1.60 bits per heavy atom. The van der Waals surface area contributed by atoms with E-state index in [0.29, 0.717) is 6.42 Å². The highest BCUT2D eigenvalue weighted by atomic mass is 35.5. The van der Waals surface area contributed by atoms with Gasteiger partial charge >= 0.3 is 0 Å². The zero-order chi connectivity index (χ0) is 10.7. The molecule has 0 saturated carbocycles. The minimum atomic E-state index is -0.652. The van der Waals surface area contributed by atoms with Gasteiger partial charge in [-0.3, -0.25) is 19.7 Å². The van der Waals surface area contributed by atoms with E-state index in [4.69, 9.17) is 5.73 Å². The van der Waals surface area contributed by atoms with Crippen LogP contribution in [0, 0.1) is 0 Å². The second-order valence-corrected chi connectivity index (χ2v) is 3.30. The lowest BCUT2D eigenvalue weighted by Gasteiger charge is -2.22. The summed E-state index contributed by atoms with van der Waals surface area (Å²) in [6, 6.07) is -1.29. The molecule has 1 aliphatic heterocycles. The second-order valence-electron chi connectivity index (χ2n) is 3.30. The molecule has 1 rings (SSSR count). The highest BCUT2D eigenvalue weighted by molar-refractivity contribution is 6.01. The topological polar surface area (TPSA) is 101 Å². The van der Waals surface area contributed by atoms with Crippen molar-refractivity contribution < 1.29 is 14.4 Å². The average molecular weight is 236 g/mol. The third-order valence-corrected chi connectivity index (χ3v) is 1.97. The first-order valence-corrected chi connectivity index (χ1v) is 4.40. The normalized spacial score (nSPS) is 22.4. The van der Waals surface area contributed by atoms with E-state index in [-0.39, 0.29) is 30.6 Å². The number of hydrogen-bond acceptors (Lipinski definition) is 4. The van der Waals surface area contributed by atoms with Crippen molar-refractivity contribution in [2.24, 2.45) is 5.73 Å². The Morgan fingerprint density at radius 3 is 2.67 bits per heavy atom. The van der Waals surface area contributed by atoms with Crippen molar-refractivity contribution in [3.8, 4) is 0 Å². The van der Waals surface area contributed by atoms with Crippen molar-refractivity contribution in [2.75, 3.05) is 0 Å². The van der Waals surface area contributed by atoms with Gasteiger partial charge in [0.05, 0.1) is 6.04 Å². The van der Waals surface area contributed by atoms with E-state index in [1.807, 2.05) is 0 Å². The molecule has 1 fully saturated rings. The van der Waals surface area contributed by atoms with E-state index in [1.165, 1.54) is 6.92 Å². The molecule has 0 aromatic heterocycles. The Labute approximate surface area is 93.4 Å². The summed E-state index contributed by atoms with van der Waals surface area (Å²) in [6.07, 6.45) is 0.582. The lowest BCUT2D eigenvalue weighted by atomic mass is 10.1. The summed E-state index contributed by atoms with van der Waals surface area (Å²) in [6.45, 7) is 1.53. The van der Waals surface area contributed by atoms with Crippen LogP contribution in [0.5, 0.6) is 0 Å². The monoisotopic (exact) mass is 235 g/mol. The van der Waals surface area contributed by atoms with Crippen LogP contribution in [-0.4, -0.2) is 29.8 Å². The molecule has 0 aromatic carbocycles. The first-order chi connectivity index (χ1) is 6.50. The van der Waals surface area contributed by atoms with E-state index in [2.05, 4.69) is 10.6 Å². The van der Waals surface area contributed by atoms with Gasteiger partial charge in [-0.2, -0.15) is 0 Å². The van der Waals surface area contributed by atoms with Gasteiger partial charge < -0.3 is 11.1 Å². The summed E-state index contributed by atoms with van der Waals surface area (Å²) in [7, 11) is 0. The van der Waals surface area contributed by atoms with Gasteiger partial charge in [-0.15, -0.1) is 12.4 Å². The Hall–Kier alpha value is -1.14. The Kier molecular flexibility index (Phi) is 5.24. The third-order valence-electron chi connectivity index (χ3n) is 1.97. The molecule has 15 heavy (non-hydrogen) atoms. The SMILES string of the molecule is C[C@H](N)C(=O)N[C@H]1CCC(=O)NC1=O.Cl. The summed E-state index contributed by atoms with van der Waals surface area (Å²) >= 11 is 0. The Bertz CT molecular complexity index is 280. The second kappa shape index (κ2) is 5.67. The van der Waals surface area contributed by atoms with Crippen LogP contribution in [0.15, 0.2) is 0 Å². The summed E-state index contributed by atoms with van der Waals surface area (Å²) in [5.41, 5.74) is 5.32. The maximum Gasteiger partial charge on any atom is 0.249 e. The Morgan fingerprint density at radius 2 is 2.20 bits per heavy atom. The van der Waals surface area contributed by atoms with Gasteiger partial charge in [-0.25, -0.2) is 0 Å². The van der Waals surface area contributed by atoms with E-state index >= 15 is 0 Å². The summed E-state index contributed by atoms with van der Waals surface area (Å²) in [5.74, 6) is -1.16. The van der Waals surface area contributed by atoms with Crippen LogP contribution in [-0.2, 0) is 14.4 Å². The van der Waals surface area contributed by atoms with Crippen LogP contribution >= 0.6 is 12.4 Å². The van der Waals surface area contributed by atoms with Crippen LogP contribution < -0.4 is 16.4 Å². The zero-order valence-electron chi connectivity index (χ0n) is 8.28. The number of halogens is 1. The van der Waals surface area contributed by atoms with E-state index in [9.17, 15) is 14.4 Å². The highest BCUT2D eigenvalue weighted by Crippen LogP contribution is 2.03. The van der Waals surface area contributed by atoms with Gasteiger partial charge in [-0.05, 0) is 13.3 Å². The predicted molar refractivity (Wildman–Crippen MR) is 55.2 cm³/mol. The number of carbonyl (C=O) groups excluding carboxylic acids is 3. The molecule has 7 heteroatoms. The van der Waals surface area contributed by atoms with Gasteiger partial charge in [-0.1, -0.05) is 0 Å². The van der Waals surface area contributed by atoms with Crippen LogP contribution in [0.4, 0.5) is 0 Å². The summed E-state index contributed by atoms with van der Waals surface area (Å²) in [4.78, 5) is 33.1. The van der Waals surface area contributed by atoms with Crippen LogP contribution in [0.3, 0.4) is 0 Å². The molecule has 0 aliphatic carbocycles. The number of nitrogens with two attached hydrogens (primary N) is 1. The first-order valence-electron chi connectivity index (χ1n) is 4.40. The molecule has 0 unspecified atom stereocenters. The van der Waals surface area contributed by atoms with Gasteiger partial charge in [0.25, 0.3) is 0 Å². The van der Waals surface area contributed by atoms with Gasteiger partial charge in [0.2, 0.25) is 17.7 Å². The summed E-state index contributed by atoms with van der Waals surface area (Å²) < 4.78 is 0. The van der Waals surface area contributed by atoms with Gasteiger partial charge in [0, 0.05) is 6.42 Å². The maximum absolute atomic E-state index is 11.2. The quantitative estimate of drug-likeness (QED) is 0.517. The van der Waals surface area contributed by atoms with Crippen molar-refractivity contribution >= 4 is 30.1 Å². The van der Waals surface area contributed by atoms with Gasteiger partial charge in [0.15, 0.2) is 0 Å². The molecule has 0 radical (unpaired) electrons. The molecule has 2 atom stereocenters. The van der Waals surface area contributed by atoms with E-state index in [0.717, 1.165) is 0 Å². The van der Waals surface area contributed by atoms with Crippen molar-refractivity contribution in [2.45, 2.75) is 31.8 Å². The standard InChI is InChI=1S/C8H13N3O3.ClH/c1-4(9)7(13)10-5-2-3-6(12)11-8(5)14;/h4-5H,2-3,9H2,1H3,(H,10,13)(H,11,12,14);1H/t4-,5-;/m0./s1. The van der Waals surface area contributed by atoms with Crippen molar-refractivity contribution in [1.82, 2.24) is 10.6 Å². The number of amides is 3. The minimum absolute atomic E-state index is 0. The Balaban J connectivity index is 0.00000196. The zero-order valence-corrected chi connectivity index (χ0v) is 9.10. The molecule has 3 amide bonds. The van der Waals surface area contributed by atoms with E-state index < -0.39 is 18.0 Å². The number of piperidine rings is 1. The fourth-order valence-corrected chi connectivity index (χ4v) is 1.13. The molecule has 0 bridgehead atoms. The molecule has 86 valence electrons. The number of hydrogen-bond donors (Lipinski definition) is 3. The molecule has 1 aliphatic rings. The first kappa shape index (κ1) is 13.9. The van der Waals surface area contributed by atoms with E-state index in [1.54, 1.807) is 0 Å². The van der Waals surface area contributed by atoms with Crippen LogP contribution in [0.2, 0.25) is 0 Å². The smallest absolute Gasteiger partial charge is 0.249 e.